The van der Waals surface area contributed by atoms with Crippen LogP contribution in [0.5, 0.6) is 0 Å². The highest BCUT2D eigenvalue weighted by atomic mass is 16.4. The SMILES string of the molecule is NC(=O)C[C@H](N)C(=O)NCC(=O)N1CCC[C@H]1C(=O)N[C@@H](Cc1cnc[nH]1)C(=O)O. The maximum Gasteiger partial charge on any atom is 0.326 e. The van der Waals surface area contributed by atoms with Crippen LogP contribution in [0.15, 0.2) is 12.5 Å². The smallest absolute Gasteiger partial charge is 0.326 e. The second-order valence-electron chi connectivity index (χ2n) is 6.92. The fraction of sp³-hybridized carbons (Fsp3) is 0.529. The van der Waals surface area contributed by atoms with Crippen LogP contribution < -0.4 is 22.1 Å². The zero-order valence-corrected chi connectivity index (χ0v) is 16.2. The van der Waals surface area contributed by atoms with Crippen molar-refractivity contribution in [3.63, 3.8) is 0 Å². The van der Waals surface area contributed by atoms with Crippen molar-refractivity contribution in [3.8, 4) is 0 Å². The Balaban J connectivity index is 1.92. The number of nitrogens with two attached hydrogens (primary N) is 2. The van der Waals surface area contributed by atoms with Crippen molar-refractivity contribution in [2.75, 3.05) is 13.1 Å². The molecular weight excluding hydrogens is 398 g/mol. The Morgan fingerprint density at radius 2 is 2.07 bits per heavy atom. The molecule has 0 unspecified atom stereocenters. The number of primary amides is 1. The first-order valence-electron chi connectivity index (χ1n) is 9.30. The molecule has 30 heavy (non-hydrogen) atoms. The van der Waals surface area contributed by atoms with Crippen LogP contribution in [0.3, 0.4) is 0 Å². The third-order valence-corrected chi connectivity index (χ3v) is 4.64. The van der Waals surface area contributed by atoms with Crippen molar-refractivity contribution in [2.24, 2.45) is 11.5 Å². The van der Waals surface area contributed by atoms with Crippen LogP contribution in [0.2, 0.25) is 0 Å². The summed E-state index contributed by atoms with van der Waals surface area (Å²) in [6.07, 6.45) is 3.42. The molecule has 3 atom stereocenters. The maximum atomic E-state index is 12.6. The standard InChI is InChI=1S/C17H25N7O6/c18-10(5-13(19)25)15(27)21-7-14(26)24-3-1-2-12(24)16(28)23-11(17(29)30)4-9-6-20-8-22-9/h6,8,10-12H,1-5,7,18H2,(H2,19,25)(H,20,22)(H,21,27)(H,23,28)(H,29,30)/t10-,11-,12-/m0/s1. The van der Waals surface area contributed by atoms with Gasteiger partial charge in [-0.05, 0) is 12.8 Å². The van der Waals surface area contributed by atoms with Crippen LogP contribution in [-0.2, 0) is 30.4 Å². The number of hydrogen-bond donors (Lipinski definition) is 6. The number of rotatable bonds is 10. The number of aliphatic carboxylic acids is 1. The van der Waals surface area contributed by atoms with Crippen LogP contribution in [0.1, 0.15) is 25.0 Å². The van der Waals surface area contributed by atoms with Gasteiger partial charge in [-0.2, -0.15) is 0 Å². The summed E-state index contributed by atoms with van der Waals surface area (Å²) in [5.74, 6) is -3.79. The van der Waals surface area contributed by atoms with Gasteiger partial charge in [-0.15, -0.1) is 0 Å². The van der Waals surface area contributed by atoms with E-state index in [1.54, 1.807) is 0 Å². The summed E-state index contributed by atoms with van der Waals surface area (Å²) >= 11 is 0. The summed E-state index contributed by atoms with van der Waals surface area (Å²) < 4.78 is 0. The Morgan fingerprint density at radius 1 is 1.33 bits per heavy atom. The molecule has 2 rings (SSSR count). The quantitative estimate of drug-likeness (QED) is 0.225. The second kappa shape index (κ2) is 10.3. The molecule has 0 aliphatic carbocycles. The molecule has 2 heterocycles. The number of carbonyl (C=O) groups excluding carboxylic acids is 4. The number of carboxylic acid groups (broad SMARTS) is 1. The number of nitrogens with one attached hydrogen (secondary N) is 3. The Kier molecular flexibility index (Phi) is 7.86. The molecule has 1 aliphatic heterocycles. The van der Waals surface area contributed by atoms with Gasteiger partial charge in [0.25, 0.3) is 0 Å². The Morgan fingerprint density at radius 3 is 2.67 bits per heavy atom. The zero-order chi connectivity index (χ0) is 22.3. The molecule has 1 saturated heterocycles. The van der Waals surface area contributed by atoms with Gasteiger partial charge in [0.15, 0.2) is 0 Å². The fourth-order valence-electron chi connectivity index (χ4n) is 3.13. The number of likely N-dealkylation sites (tertiary alicyclic amines) is 1. The van der Waals surface area contributed by atoms with Gasteiger partial charge >= 0.3 is 5.97 Å². The molecule has 1 aliphatic rings. The lowest BCUT2D eigenvalue weighted by atomic mass is 10.1. The first kappa shape index (κ1) is 22.8. The molecule has 13 nitrogen and oxygen atoms in total. The van der Waals surface area contributed by atoms with E-state index in [4.69, 9.17) is 11.5 Å². The maximum absolute atomic E-state index is 12.6. The van der Waals surface area contributed by atoms with E-state index in [0.717, 1.165) is 0 Å². The van der Waals surface area contributed by atoms with Gasteiger partial charge in [0.05, 0.1) is 25.3 Å². The van der Waals surface area contributed by atoms with Gasteiger partial charge in [0.2, 0.25) is 23.6 Å². The summed E-state index contributed by atoms with van der Waals surface area (Å²) in [5.41, 5.74) is 11.0. The van der Waals surface area contributed by atoms with E-state index in [1.807, 2.05) is 0 Å². The number of carbonyl (C=O) groups is 5. The lowest BCUT2D eigenvalue weighted by molar-refractivity contribution is -0.144. The number of amides is 4. The minimum Gasteiger partial charge on any atom is -0.480 e. The fourth-order valence-corrected chi connectivity index (χ4v) is 3.13. The van der Waals surface area contributed by atoms with E-state index in [-0.39, 0.29) is 12.8 Å². The summed E-state index contributed by atoms with van der Waals surface area (Å²) in [6.45, 7) is -0.121. The van der Waals surface area contributed by atoms with Crippen molar-refractivity contribution in [1.29, 1.82) is 0 Å². The predicted molar refractivity (Wildman–Crippen MR) is 101 cm³/mol. The molecule has 4 amide bonds. The van der Waals surface area contributed by atoms with Crippen LogP contribution in [0.25, 0.3) is 0 Å². The van der Waals surface area contributed by atoms with Crippen molar-refractivity contribution in [3.05, 3.63) is 18.2 Å². The topological polar surface area (TPSA) is 214 Å². The Hall–Kier alpha value is -3.48. The minimum absolute atomic E-state index is 0.00947. The molecule has 1 fully saturated rings. The van der Waals surface area contributed by atoms with Crippen LogP contribution in [0.4, 0.5) is 0 Å². The molecule has 13 heteroatoms. The predicted octanol–water partition coefficient (Wildman–Crippen LogP) is -3.17. The molecule has 164 valence electrons. The number of nitrogens with zero attached hydrogens (tertiary/aromatic N) is 2. The monoisotopic (exact) mass is 423 g/mol. The third kappa shape index (κ3) is 6.27. The first-order chi connectivity index (χ1) is 14.2. The van der Waals surface area contributed by atoms with E-state index >= 15 is 0 Å². The van der Waals surface area contributed by atoms with Gasteiger partial charge in [0, 0.05) is 24.9 Å². The number of aromatic amines is 1. The second-order valence-corrected chi connectivity index (χ2v) is 6.92. The van der Waals surface area contributed by atoms with Gasteiger partial charge in [-0.25, -0.2) is 9.78 Å². The van der Waals surface area contributed by atoms with Gasteiger partial charge in [-0.3, -0.25) is 19.2 Å². The Labute approximate surface area is 171 Å². The van der Waals surface area contributed by atoms with Crippen molar-refractivity contribution in [1.82, 2.24) is 25.5 Å². The number of hydrogen-bond acceptors (Lipinski definition) is 7. The normalized spacial score (nSPS) is 17.8. The van der Waals surface area contributed by atoms with E-state index < -0.39 is 54.3 Å². The number of imidazole rings is 1. The highest BCUT2D eigenvalue weighted by Gasteiger charge is 2.36. The van der Waals surface area contributed by atoms with Crippen molar-refractivity contribution >= 4 is 29.6 Å². The number of H-pyrrole nitrogens is 1. The third-order valence-electron chi connectivity index (χ3n) is 4.64. The highest BCUT2D eigenvalue weighted by Crippen LogP contribution is 2.18. The Bertz CT molecular complexity index is 797. The van der Waals surface area contributed by atoms with E-state index in [2.05, 4.69) is 20.6 Å². The molecular formula is C17H25N7O6. The highest BCUT2D eigenvalue weighted by molar-refractivity contribution is 5.93. The molecule has 1 aromatic rings. The molecule has 0 saturated carbocycles. The average molecular weight is 423 g/mol. The number of aromatic nitrogens is 2. The summed E-state index contributed by atoms with van der Waals surface area (Å²) in [4.78, 5) is 67.0. The van der Waals surface area contributed by atoms with E-state index in [1.165, 1.54) is 17.4 Å². The van der Waals surface area contributed by atoms with Gasteiger partial charge in [-0.1, -0.05) is 0 Å². The molecule has 1 aromatic heterocycles. The lowest BCUT2D eigenvalue weighted by Gasteiger charge is -2.25. The van der Waals surface area contributed by atoms with E-state index in [9.17, 15) is 29.1 Å². The molecule has 0 spiro atoms. The van der Waals surface area contributed by atoms with Crippen molar-refractivity contribution in [2.45, 2.75) is 43.8 Å². The van der Waals surface area contributed by atoms with Crippen LogP contribution in [-0.4, -0.2) is 80.8 Å². The molecule has 0 radical (unpaired) electrons. The largest absolute Gasteiger partial charge is 0.480 e. The molecule has 0 aromatic carbocycles. The summed E-state index contributed by atoms with van der Waals surface area (Å²) in [7, 11) is 0. The summed E-state index contributed by atoms with van der Waals surface area (Å²) in [5, 5.41) is 14.1. The molecule has 8 N–H and O–H groups in total. The average Bonchev–Trinajstić information content (AvgIpc) is 3.36. The minimum atomic E-state index is -1.22. The van der Waals surface area contributed by atoms with Crippen LogP contribution in [0, 0.1) is 0 Å². The molecule has 0 bridgehead atoms. The van der Waals surface area contributed by atoms with Crippen molar-refractivity contribution < 1.29 is 29.1 Å². The lowest BCUT2D eigenvalue weighted by Crippen LogP contribution is -2.53. The summed E-state index contributed by atoms with van der Waals surface area (Å²) in [6, 6.07) is -3.22. The number of carboxylic acids is 1. The van der Waals surface area contributed by atoms with E-state index in [0.29, 0.717) is 25.1 Å². The van der Waals surface area contributed by atoms with Gasteiger partial charge < -0.3 is 37.1 Å². The zero-order valence-electron chi connectivity index (χ0n) is 16.2. The first-order valence-corrected chi connectivity index (χ1v) is 9.30. The van der Waals surface area contributed by atoms with Crippen LogP contribution >= 0.6 is 0 Å². The van der Waals surface area contributed by atoms with Gasteiger partial charge in [0.1, 0.15) is 12.1 Å².